The Kier molecular flexibility index (Phi) is 8.73. The summed E-state index contributed by atoms with van der Waals surface area (Å²) in [6.45, 7) is 0. The fourth-order valence-corrected chi connectivity index (χ4v) is 12.3. The van der Waals surface area contributed by atoms with Crippen molar-refractivity contribution in [1.82, 2.24) is 0 Å². The summed E-state index contributed by atoms with van der Waals surface area (Å²) in [5.74, 6) is -0.699. The SMILES string of the molecule is CN(C)c1ccc(P(Br)(CCCCCCCC(=O)O)(c2ccccc2)c2ccccc2)cc1. The molecule has 0 radical (unpaired) electrons. The molecule has 0 saturated carbocycles. The van der Waals surface area contributed by atoms with E-state index in [1.165, 1.54) is 21.6 Å². The average molecular weight is 528 g/mol. The quantitative estimate of drug-likeness (QED) is 0.221. The summed E-state index contributed by atoms with van der Waals surface area (Å²) in [4.78, 5) is 12.9. The van der Waals surface area contributed by atoms with E-state index in [2.05, 4.69) is 119 Å². The van der Waals surface area contributed by atoms with Gasteiger partial charge in [0.05, 0.1) is 0 Å². The van der Waals surface area contributed by atoms with E-state index in [1.807, 2.05) is 0 Å². The third-order valence-electron chi connectivity index (χ3n) is 6.46. The number of hydrogen-bond donors (Lipinski definition) is 1. The third kappa shape index (κ3) is 5.67. The molecule has 0 aliphatic rings. The summed E-state index contributed by atoms with van der Waals surface area (Å²) in [5.41, 5.74) is 1.19. The Morgan fingerprint density at radius 1 is 0.727 bits per heavy atom. The number of nitrogens with zero attached hydrogens (tertiary/aromatic N) is 1. The van der Waals surface area contributed by atoms with Gasteiger partial charge in [0.25, 0.3) is 0 Å². The number of unbranched alkanes of at least 4 members (excludes halogenated alkanes) is 4. The van der Waals surface area contributed by atoms with E-state index in [-0.39, 0.29) is 6.42 Å². The Morgan fingerprint density at radius 3 is 1.67 bits per heavy atom. The van der Waals surface area contributed by atoms with Gasteiger partial charge in [0.1, 0.15) is 0 Å². The summed E-state index contributed by atoms with van der Waals surface area (Å²) in [6.07, 6.45) is 6.27. The van der Waals surface area contributed by atoms with Crippen LogP contribution in [0.15, 0.2) is 84.9 Å². The monoisotopic (exact) mass is 527 g/mol. The molecule has 0 atom stereocenters. The molecule has 3 aromatic rings. The third-order valence-corrected chi connectivity index (χ3v) is 16.5. The summed E-state index contributed by atoms with van der Waals surface area (Å²) >= 11 is 4.52. The van der Waals surface area contributed by atoms with Crippen LogP contribution in [0.25, 0.3) is 0 Å². The van der Waals surface area contributed by atoms with E-state index in [4.69, 9.17) is 5.11 Å². The van der Waals surface area contributed by atoms with Crippen molar-refractivity contribution in [2.45, 2.75) is 38.5 Å². The van der Waals surface area contributed by atoms with E-state index >= 15 is 0 Å². The fourth-order valence-electron chi connectivity index (χ4n) is 4.59. The van der Waals surface area contributed by atoms with Gasteiger partial charge in [-0.05, 0) is 0 Å². The van der Waals surface area contributed by atoms with Gasteiger partial charge >= 0.3 is 207 Å². The molecule has 176 valence electrons. The molecule has 0 aliphatic carbocycles. The molecule has 0 unspecified atom stereocenters. The molecule has 0 fully saturated rings. The number of anilines is 1. The molecule has 0 spiro atoms. The van der Waals surface area contributed by atoms with Crippen LogP contribution in [0.1, 0.15) is 38.5 Å². The summed E-state index contributed by atoms with van der Waals surface area (Å²) in [5, 5.41) is 10.0. The molecule has 0 saturated heterocycles. The summed E-state index contributed by atoms with van der Waals surface area (Å²) < 4.78 is 0. The molecule has 0 aromatic heterocycles. The van der Waals surface area contributed by atoms with E-state index < -0.39 is 11.3 Å². The zero-order valence-electron chi connectivity index (χ0n) is 19.7. The van der Waals surface area contributed by atoms with Crippen LogP contribution in [0, 0.1) is 0 Å². The first-order valence-electron chi connectivity index (χ1n) is 11.7. The Balaban J connectivity index is 2.01. The van der Waals surface area contributed by atoms with Crippen molar-refractivity contribution in [2.75, 3.05) is 25.2 Å². The first kappa shape index (κ1) is 25.5. The predicted molar refractivity (Wildman–Crippen MR) is 149 cm³/mol. The van der Waals surface area contributed by atoms with Gasteiger partial charge in [-0.15, -0.1) is 0 Å². The van der Waals surface area contributed by atoms with Gasteiger partial charge in [0, 0.05) is 0 Å². The normalized spacial score (nSPS) is 12.6. The standard InChI is InChI=1S/C28H35BrNO2P/c1-30(2)24-19-21-27(22-20-24)33(29,25-14-8-6-9-15-25,26-16-10-7-11-17-26)23-13-5-3-4-12-18-28(31)32/h6-11,14-17,19-22H,3-5,12-13,18,23H2,1-2H3,(H,31,32). The van der Waals surface area contributed by atoms with Crippen LogP contribution in [0.5, 0.6) is 0 Å². The summed E-state index contributed by atoms with van der Waals surface area (Å²) in [6, 6.07) is 30.8. The van der Waals surface area contributed by atoms with Crippen LogP contribution in [0.3, 0.4) is 0 Å². The number of rotatable bonds is 12. The number of benzene rings is 3. The van der Waals surface area contributed by atoms with Crippen molar-refractivity contribution in [1.29, 1.82) is 0 Å². The molecule has 3 nitrogen and oxygen atoms in total. The molecule has 33 heavy (non-hydrogen) atoms. The zero-order chi connectivity index (χ0) is 23.8. The van der Waals surface area contributed by atoms with Crippen LogP contribution in [-0.2, 0) is 4.79 Å². The number of aliphatic carboxylic acids is 1. The first-order chi connectivity index (χ1) is 15.9. The number of hydrogen-bond acceptors (Lipinski definition) is 2. The molecule has 0 heterocycles. The van der Waals surface area contributed by atoms with Crippen molar-refractivity contribution < 1.29 is 9.90 Å². The van der Waals surface area contributed by atoms with Crippen molar-refractivity contribution in [3.05, 3.63) is 84.9 Å². The number of carboxylic acids is 1. The predicted octanol–water partition coefficient (Wildman–Crippen LogP) is 6.32. The second-order valence-corrected chi connectivity index (χ2v) is 18.0. The first-order valence-corrected chi connectivity index (χ1v) is 16.1. The maximum atomic E-state index is 10.8. The molecule has 0 amide bonds. The molecular weight excluding hydrogens is 493 g/mol. The van der Waals surface area contributed by atoms with Crippen molar-refractivity contribution >= 4 is 48.4 Å². The van der Waals surface area contributed by atoms with Gasteiger partial charge in [0.15, 0.2) is 0 Å². The van der Waals surface area contributed by atoms with Gasteiger partial charge in [-0.3, -0.25) is 0 Å². The van der Waals surface area contributed by atoms with Gasteiger partial charge in [-0.2, -0.15) is 0 Å². The van der Waals surface area contributed by atoms with Crippen molar-refractivity contribution in [3.63, 3.8) is 0 Å². The molecular formula is C28H35BrNO2P. The Bertz CT molecular complexity index is 983. The van der Waals surface area contributed by atoms with Crippen molar-refractivity contribution in [3.8, 4) is 0 Å². The molecule has 0 aliphatic heterocycles. The van der Waals surface area contributed by atoms with Crippen LogP contribution in [-0.4, -0.2) is 31.3 Å². The Hall–Kier alpha value is -2.16. The minimum absolute atomic E-state index is 0.268. The van der Waals surface area contributed by atoms with E-state index in [1.54, 1.807) is 0 Å². The van der Waals surface area contributed by atoms with Crippen LogP contribution >= 0.6 is 20.8 Å². The molecule has 5 heteroatoms. The van der Waals surface area contributed by atoms with Crippen LogP contribution in [0.4, 0.5) is 5.69 Å². The second-order valence-electron chi connectivity index (χ2n) is 8.90. The van der Waals surface area contributed by atoms with Crippen LogP contribution < -0.4 is 20.8 Å². The fraction of sp³-hybridized carbons (Fsp3) is 0.321. The second kappa shape index (κ2) is 11.3. The number of halogens is 1. The van der Waals surface area contributed by atoms with Gasteiger partial charge in [-0.25, -0.2) is 0 Å². The topological polar surface area (TPSA) is 40.5 Å². The molecule has 1 N–H and O–H groups in total. The molecule has 3 rings (SSSR count). The Labute approximate surface area is 206 Å². The van der Waals surface area contributed by atoms with Crippen LogP contribution in [0.2, 0.25) is 0 Å². The summed E-state index contributed by atoms with van der Waals surface area (Å²) in [7, 11) is 4.14. The number of carbonyl (C=O) groups is 1. The van der Waals surface area contributed by atoms with Gasteiger partial charge in [-0.1, -0.05) is 0 Å². The number of carboxylic acid groups (broad SMARTS) is 1. The average Bonchev–Trinajstić information content (AvgIpc) is 2.84. The van der Waals surface area contributed by atoms with E-state index in [0.29, 0.717) is 0 Å². The minimum atomic E-state index is -2.88. The maximum absolute atomic E-state index is 10.8. The van der Waals surface area contributed by atoms with Gasteiger partial charge < -0.3 is 0 Å². The van der Waals surface area contributed by atoms with E-state index in [9.17, 15) is 4.79 Å². The van der Waals surface area contributed by atoms with Gasteiger partial charge in [0.2, 0.25) is 0 Å². The molecule has 3 aromatic carbocycles. The Morgan fingerprint density at radius 2 is 1.18 bits per heavy atom. The molecule has 0 bridgehead atoms. The van der Waals surface area contributed by atoms with Crippen molar-refractivity contribution in [2.24, 2.45) is 0 Å². The zero-order valence-corrected chi connectivity index (χ0v) is 22.1. The van der Waals surface area contributed by atoms with E-state index in [0.717, 1.165) is 38.3 Å².